The summed E-state index contributed by atoms with van der Waals surface area (Å²) in [6.45, 7) is 13.0. The number of carbonyl (C=O) groups excluding carboxylic acids is 2. The Morgan fingerprint density at radius 2 is 1.65 bits per heavy atom. The van der Waals surface area contributed by atoms with Gasteiger partial charge in [0.05, 0.1) is 0 Å². The third-order valence-electron chi connectivity index (χ3n) is 2.23. The Morgan fingerprint density at radius 1 is 1.10 bits per heavy atom. The van der Waals surface area contributed by atoms with Gasteiger partial charge in [-0.1, -0.05) is 13.5 Å². The molecule has 0 radical (unpaired) electrons. The maximum absolute atomic E-state index is 11.3. The zero-order valence-electron chi connectivity index (χ0n) is 12.8. The summed E-state index contributed by atoms with van der Waals surface area (Å²) in [6, 6.07) is 0. The Bertz CT molecular complexity index is 371. The van der Waals surface area contributed by atoms with Crippen LogP contribution in [0.5, 0.6) is 0 Å². The van der Waals surface area contributed by atoms with E-state index in [2.05, 4.69) is 16.5 Å². The second kappa shape index (κ2) is 7.25. The van der Waals surface area contributed by atoms with Crippen LogP contribution in [-0.4, -0.2) is 23.5 Å². The van der Waals surface area contributed by atoms with Crippen LogP contribution >= 0.6 is 0 Å². The third kappa shape index (κ3) is 7.75. The second-order valence-corrected chi connectivity index (χ2v) is 5.27. The van der Waals surface area contributed by atoms with E-state index in [1.807, 2.05) is 6.92 Å². The summed E-state index contributed by atoms with van der Waals surface area (Å²) in [4.78, 5) is 31.7. The fourth-order valence-electron chi connectivity index (χ4n) is 0.745. The molecular weight excluding hydrogens is 268 g/mol. The predicted octanol–water partition coefficient (Wildman–Crippen LogP) is 3.05. The Labute approximate surface area is 118 Å². The number of hydrogen-bond acceptors (Lipinski definition) is 7. The fourth-order valence-corrected chi connectivity index (χ4v) is 0.745. The highest BCUT2D eigenvalue weighted by atomic mass is 17.5. The SMILES string of the molecule is C=C(C)C(=O)OC(C)(C)OC(=O)OOOC(C)(C)CC. The predicted molar refractivity (Wildman–Crippen MR) is 69.1 cm³/mol. The Morgan fingerprint density at radius 3 is 2.10 bits per heavy atom. The summed E-state index contributed by atoms with van der Waals surface area (Å²) >= 11 is 0. The van der Waals surface area contributed by atoms with Crippen molar-refractivity contribution in [3.8, 4) is 0 Å². The maximum Gasteiger partial charge on any atom is 0.545 e. The molecule has 0 aromatic rings. The highest BCUT2D eigenvalue weighted by Gasteiger charge is 2.29. The van der Waals surface area contributed by atoms with Crippen LogP contribution in [0, 0.1) is 0 Å². The molecule has 0 amide bonds. The van der Waals surface area contributed by atoms with E-state index in [0.717, 1.165) is 0 Å². The molecule has 0 saturated heterocycles. The Kier molecular flexibility index (Phi) is 6.67. The summed E-state index contributed by atoms with van der Waals surface area (Å²) in [5, 5.41) is 4.32. The van der Waals surface area contributed by atoms with Gasteiger partial charge in [0.25, 0.3) is 5.79 Å². The molecule has 0 atom stereocenters. The van der Waals surface area contributed by atoms with Gasteiger partial charge < -0.3 is 9.47 Å². The smallest absolute Gasteiger partial charge is 0.420 e. The van der Waals surface area contributed by atoms with E-state index >= 15 is 0 Å². The highest BCUT2D eigenvalue weighted by molar-refractivity contribution is 5.87. The number of rotatable bonds is 7. The maximum atomic E-state index is 11.3. The normalized spacial score (nSPS) is 11.7. The third-order valence-corrected chi connectivity index (χ3v) is 2.23. The van der Waals surface area contributed by atoms with Crippen molar-refractivity contribution in [2.24, 2.45) is 0 Å². The van der Waals surface area contributed by atoms with Gasteiger partial charge >= 0.3 is 12.1 Å². The van der Waals surface area contributed by atoms with E-state index in [1.165, 1.54) is 20.8 Å². The molecule has 0 saturated carbocycles. The van der Waals surface area contributed by atoms with Crippen molar-refractivity contribution in [1.82, 2.24) is 0 Å². The van der Waals surface area contributed by atoms with Gasteiger partial charge in [-0.2, -0.15) is 4.89 Å². The molecule has 7 heteroatoms. The topological polar surface area (TPSA) is 80.3 Å². The van der Waals surface area contributed by atoms with Crippen molar-refractivity contribution in [2.75, 3.05) is 0 Å². The average molecular weight is 290 g/mol. The van der Waals surface area contributed by atoms with Gasteiger partial charge in [-0.25, -0.2) is 14.5 Å². The molecule has 0 aliphatic carbocycles. The lowest BCUT2D eigenvalue weighted by Crippen LogP contribution is -2.34. The number of carbonyl (C=O) groups is 2. The van der Waals surface area contributed by atoms with Crippen LogP contribution in [0.3, 0.4) is 0 Å². The minimum absolute atomic E-state index is 0.180. The quantitative estimate of drug-likeness (QED) is 0.234. The van der Waals surface area contributed by atoms with Gasteiger partial charge in [0.1, 0.15) is 5.60 Å². The lowest BCUT2D eigenvalue weighted by Gasteiger charge is -2.24. The number of hydrogen-bond donors (Lipinski definition) is 0. The van der Waals surface area contributed by atoms with Gasteiger partial charge in [-0.05, 0) is 32.2 Å². The fraction of sp³-hybridized carbons (Fsp3) is 0.692. The van der Waals surface area contributed by atoms with Crippen LogP contribution < -0.4 is 0 Å². The molecular formula is C13H22O7. The molecule has 0 N–H and O–H groups in total. The van der Waals surface area contributed by atoms with Crippen LogP contribution in [-0.2, 0) is 29.1 Å². The lowest BCUT2D eigenvalue weighted by molar-refractivity contribution is -0.518. The Hall–Kier alpha value is -1.60. The standard InChI is InChI=1S/C13H22O7/c1-8-12(4,5)19-20-18-11(15)17-13(6,7)16-10(14)9(2)3/h2,8H2,1,3-7H3. The van der Waals surface area contributed by atoms with E-state index in [-0.39, 0.29) is 5.57 Å². The number of esters is 1. The zero-order valence-corrected chi connectivity index (χ0v) is 12.8. The molecule has 20 heavy (non-hydrogen) atoms. The van der Waals surface area contributed by atoms with Crippen LogP contribution in [0.15, 0.2) is 12.2 Å². The van der Waals surface area contributed by atoms with Gasteiger partial charge in [-0.15, -0.1) is 0 Å². The summed E-state index contributed by atoms with van der Waals surface area (Å²) in [7, 11) is 0. The van der Waals surface area contributed by atoms with Crippen molar-refractivity contribution < 1.29 is 33.9 Å². The first-order valence-electron chi connectivity index (χ1n) is 6.13. The molecule has 0 aliphatic rings. The van der Waals surface area contributed by atoms with E-state index in [9.17, 15) is 9.59 Å². The van der Waals surface area contributed by atoms with Crippen molar-refractivity contribution in [1.29, 1.82) is 0 Å². The molecule has 116 valence electrons. The average Bonchev–Trinajstić information content (AvgIpc) is 2.26. The molecule has 0 unspecified atom stereocenters. The summed E-state index contributed by atoms with van der Waals surface area (Å²) in [6.07, 6.45) is -0.552. The van der Waals surface area contributed by atoms with Crippen LogP contribution in [0.1, 0.15) is 48.0 Å². The first-order chi connectivity index (χ1) is 8.99. The van der Waals surface area contributed by atoms with Crippen LogP contribution in [0.4, 0.5) is 4.79 Å². The van der Waals surface area contributed by atoms with E-state index in [4.69, 9.17) is 14.4 Å². The van der Waals surface area contributed by atoms with Crippen molar-refractivity contribution in [3.05, 3.63) is 12.2 Å². The van der Waals surface area contributed by atoms with E-state index in [0.29, 0.717) is 6.42 Å². The molecule has 0 aromatic heterocycles. The van der Waals surface area contributed by atoms with Crippen LogP contribution in [0.2, 0.25) is 0 Å². The lowest BCUT2D eigenvalue weighted by atomic mass is 10.1. The molecule has 0 aliphatic heterocycles. The second-order valence-electron chi connectivity index (χ2n) is 5.27. The first kappa shape index (κ1) is 18.4. The van der Waals surface area contributed by atoms with Crippen molar-refractivity contribution in [3.63, 3.8) is 0 Å². The summed E-state index contributed by atoms with van der Waals surface area (Å²) in [5.41, 5.74) is -0.429. The van der Waals surface area contributed by atoms with E-state index in [1.54, 1.807) is 13.8 Å². The van der Waals surface area contributed by atoms with Gasteiger partial charge in [0.2, 0.25) is 0 Å². The first-order valence-corrected chi connectivity index (χ1v) is 6.13. The van der Waals surface area contributed by atoms with Gasteiger partial charge in [0, 0.05) is 19.4 Å². The largest absolute Gasteiger partial charge is 0.545 e. The number of ether oxygens (including phenoxy) is 2. The molecule has 0 aromatic carbocycles. The van der Waals surface area contributed by atoms with E-state index < -0.39 is 23.5 Å². The molecule has 0 fully saturated rings. The van der Waals surface area contributed by atoms with Gasteiger partial charge in [-0.3, -0.25) is 0 Å². The molecule has 7 nitrogen and oxygen atoms in total. The Balaban J connectivity index is 4.19. The molecule has 0 bridgehead atoms. The van der Waals surface area contributed by atoms with Crippen LogP contribution in [0.25, 0.3) is 0 Å². The van der Waals surface area contributed by atoms with Crippen molar-refractivity contribution in [2.45, 2.75) is 59.4 Å². The monoisotopic (exact) mass is 290 g/mol. The summed E-state index contributed by atoms with van der Waals surface area (Å²) < 4.78 is 9.64. The van der Waals surface area contributed by atoms with Gasteiger partial charge in [0.15, 0.2) is 0 Å². The molecule has 0 heterocycles. The minimum atomic E-state index is -1.52. The van der Waals surface area contributed by atoms with Crippen molar-refractivity contribution >= 4 is 12.1 Å². The summed E-state index contributed by atoms with van der Waals surface area (Å²) in [5.74, 6) is -2.20. The zero-order chi connectivity index (χ0) is 16.0. The minimum Gasteiger partial charge on any atom is -0.420 e. The molecule has 0 spiro atoms. The highest BCUT2D eigenvalue weighted by Crippen LogP contribution is 2.16. The molecule has 0 rings (SSSR count).